The van der Waals surface area contributed by atoms with E-state index in [4.69, 9.17) is 0 Å². The van der Waals surface area contributed by atoms with Crippen molar-refractivity contribution < 1.29 is 0 Å². The van der Waals surface area contributed by atoms with E-state index in [0.717, 1.165) is 12.1 Å². The monoisotopic (exact) mass is 246 g/mol. The summed E-state index contributed by atoms with van der Waals surface area (Å²) in [6.07, 6.45) is 2.96. The van der Waals surface area contributed by atoms with E-state index >= 15 is 0 Å². The van der Waals surface area contributed by atoms with Gasteiger partial charge in [0, 0.05) is 30.7 Å². The number of anilines is 1. The minimum absolute atomic E-state index is 0.492. The maximum atomic E-state index is 4.23. The summed E-state index contributed by atoms with van der Waals surface area (Å²) in [6, 6.07) is 6.89. The fourth-order valence-corrected chi connectivity index (χ4v) is 2.57. The van der Waals surface area contributed by atoms with Crippen LogP contribution in [0, 0.1) is 6.92 Å². The predicted molar refractivity (Wildman–Crippen MR) is 74.9 cm³/mol. The van der Waals surface area contributed by atoms with Crippen LogP contribution in [0.5, 0.6) is 0 Å². The number of pyridine rings is 1. The van der Waals surface area contributed by atoms with Crippen molar-refractivity contribution in [2.45, 2.75) is 26.3 Å². The minimum atomic E-state index is 0.492. The van der Waals surface area contributed by atoms with Crippen LogP contribution < -0.4 is 4.90 Å². The first-order valence-corrected chi connectivity index (χ1v) is 6.77. The van der Waals surface area contributed by atoms with Gasteiger partial charge in [0.25, 0.3) is 0 Å². The number of hydrogen-bond donors (Lipinski definition) is 0. The molecule has 0 bridgehead atoms. The lowest BCUT2D eigenvalue weighted by molar-refractivity contribution is 0.683. The van der Waals surface area contributed by atoms with Crippen molar-refractivity contribution in [2.24, 2.45) is 0 Å². The van der Waals surface area contributed by atoms with E-state index in [-0.39, 0.29) is 0 Å². The standard InChI is InChI=1S/C14H18N2S/c1-11-8-14(4-6-15-11)16(3)12(2)9-13-5-7-17-10-13/h4-8,10,12H,9H2,1-3H3. The smallest absolute Gasteiger partial charge is 0.0399 e. The first-order valence-electron chi connectivity index (χ1n) is 5.83. The molecule has 0 saturated carbocycles. The number of thiophene rings is 1. The van der Waals surface area contributed by atoms with Crippen LogP contribution in [0.25, 0.3) is 0 Å². The molecule has 0 aromatic carbocycles. The Morgan fingerprint density at radius 3 is 2.88 bits per heavy atom. The van der Waals surface area contributed by atoms with Crippen molar-refractivity contribution in [3.05, 3.63) is 46.4 Å². The van der Waals surface area contributed by atoms with Crippen LogP contribution in [-0.2, 0) is 6.42 Å². The quantitative estimate of drug-likeness (QED) is 0.820. The average molecular weight is 246 g/mol. The highest BCUT2D eigenvalue weighted by molar-refractivity contribution is 7.07. The number of hydrogen-bond acceptors (Lipinski definition) is 3. The van der Waals surface area contributed by atoms with Gasteiger partial charge in [-0.3, -0.25) is 4.98 Å². The number of aromatic nitrogens is 1. The minimum Gasteiger partial charge on any atom is -0.371 e. The molecule has 2 aromatic heterocycles. The fraction of sp³-hybridized carbons (Fsp3) is 0.357. The topological polar surface area (TPSA) is 16.1 Å². The third-order valence-electron chi connectivity index (χ3n) is 3.06. The molecule has 0 spiro atoms. The first kappa shape index (κ1) is 12.1. The Balaban J connectivity index is 2.06. The summed E-state index contributed by atoms with van der Waals surface area (Å²) >= 11 is 1.76. The zero-order valence-corrected chi connectivity index (χ0v) is 11.4. The molecule has 90 valence electrons. The molecule has 2 rings (SSSR count). The summed E-state index contributed by atoms with van der Waals surface area (Å²) in [5, 5.41) is 4.36. The van der Waals surface area contributed by atoms with E-state index in [1.54, 1.807) is 11.3 Å². The molecule has 1 atom stereocenters. The largest absolute Gasteiger partial charge is 0.371 e. The van der Waals surface area contributed by atoms with E-state index in [1.165, 1.54) is 11.3 Å². The van der Waals surface area contributed by atoms with Crippen LogP contribution in [-0.4, -0.2) is 18.1 Å². The van der Waals surface area contributed by atoms with Crippen molar-refractivity contribution in [1.82, 2.24) is 4.98 Å². The zero-order valence-electron chi connectivity index (χ0n) is 10.6. The molecule has 2 nitrogen and oxygen atoms in total. The Labute approximate surface area is 107 Å². The normalized spacial score (nSPS) is 12.4. The van der Waals surface area contributed by atoms with Crippen LogP contribution in [0.2, 0.25) is 0 Å². The van der Waals surface area contributed by atoms with Crippen LogP contribution >= 0.6 is 11.3 Å². The second-order valence-corrected chi connectivity index (χ2v) is 5.23. The van der Waals surface area contributed by atoms with Gasteiger partial charge in [0.05, 0.1) is 0 Å². The summed E-state index contributed by atoms with van der Waals surface area (Å²) in [5.74, 6) is 0. The Bertz CT molecular complexity index is 465. The first-order chi connectivity index (χ1) is 8.16. The highest BCUT2D eigenvalue weighted by Crippen LogP contribution is 2.18. The number of aryl methyl sites for hydroxylation is 1. The van der Waals surface area contributed by atoms with E-state index in [2.05, 4.69) is 52.8 Å². The SMILES string of the molecule is Cc1cc(N(C)C(C)Cc2ccsc2)ccn1. The fourth-order valence-electron chi connectivity index (χ4n) is 1.89. The second-order valence-electron chi connectivity index (χ2n) is 4.45. The summed E-state index contributed by atoms with van der Waals surface area (Å²) in [6.45, 7) is 4.29. The molecule has 0 aliphatic rings. The van der Waals surface area contributed by atoms with Crippen LogP contribution in [0.4, 0.5) is 5.69 Å². The lowest BCUT2D eigenvalue weighted by Crippen LogP contribution is -2.30. The second kappa shape index (κ2) is 5.32. The van der Waals surface area contributed by atoms with E-state index in [1.807, 2.05) is 13.1 Å². The lowest BCUT2D eigenvalue weighted by atomic mass is 10.1. The Hall–Kier alpha value is -1.35. The van der Waals surface area contributed by atoms with Crippen molar-refractivity contribution in [3.63, 3.8) is 0 Å². The van der Waals surface area contributed by atoms with Gasteiger partial charge in [-0.2, -0.15) is 11.3 Å². The van der Waals surface area contributed by atoms with Crippen molar-refractivity contribution in [3.8, 4) is 0 Å². The van der Waals surface area contributed by atoms with Crippen molar-refractivity contribution >= 4 is 17.0 Å². The van der Waals surface area contributed by atoms with E-state index in [9.17, 15) is 0 Å². The molecular weight excluding hydrogens is 228 g/mol. The molecule has 0 saturated heterocycles. The Morgan fingerprint density at radius 1 is 1.41 bits per heavy atom. The number of rotatable bonds is 4. The lowest BCUT2D eigenvalue weighted by Gasteiger charge is -2.27. The molecule has 0 aliphatic heterocycles. The van der Waals surface area contributed by atoms with E-state index in [0.29, 0.717) is 6.04 Å². The third-order valence-corrected chi connectivity index (χ3v) is 3.79. The molecule has 2 aromatic rings. The summed E-state index contributed by atoms with van der Waals surface area (Å²) in [4.78, 5) is 6.54. The predicted octanol–water partition coefficient (Wildman–Crippen LogP) is 3.52. The van der Waals surface area contributed by atoms with Crippen molar-refractivity contribution in [1.29, 1.82) is 0 Å². The molecule has 0 N–H and O–H groups in total. The van der Waals surface area contributed by atoms with Crippen molar-refractivity contribution in [2.75, 3.05) is 11.9 Å². The Morgan fingerprint density at radius 2 is 2.24 bits per heavy atom. The molecule has 2 heterocycles. The molecular formula is C14H18N2S. The average Bonchev–Trinajstić information content (AvgIpc) is 2.80. The molecule has 17 heavy (non-hydrogen) atoms. The van der Waals surface area contributed by atoms with Gasteiger partial charge in [-0.15, -0.1) is 0 Å². The van der Waals surface area contributed by atoms with Crippen LogP contribution in [0.1, 0.15) is 18.2 Å². The van der Waals surface area contributed by atoms with E-state index < -0.39 is 0 Å². The summed E-state index contributed by atoms with van der Waals surface area (Å²) in [5.41, 5.74) is 3.72. The maximum Gasteiger partial charge on any atom is 0.0399 e. The van der Waals surface area contributed by atoms with Gasteiger partial charge >= 0.3 is 0 Å². The molecule has 0 amide bonds. The summed E-state index contributed by atoms with van der Waals surface area (Å²) < 4.78 is 0. The molecule has 1 unspecified atom stereocenters. The zero-order chi connectivity index (χ0) is 12.3. The maximum absolute atomic E-state index is 4.23. The van der Waals surface area contributed by atoms with Gasteiger partial charge in [0.1, 0.15) is 0 Å². The molecule has 3 heteroatoms. The highest BCUT2D eigenvalue weighted by atomic mass is 32.1. The van der Waals surface area contributed by atoms with Crippen LogP contribution in [0.3, 0.4) is 0 Å². The van der Waals surface area contributed by atoms with Gasteiger partial charge in [-0.05, 0) is 54.8 Å². The number of nitrogens with zero attached hydrogens (tertiary/aromatic N) is 2. The number of likely N-dealkylation sites (N-methyl/N-ethyl adjacent to an activating group) is 1. The Kier molecular flexibility index (Phi) is 3.79. The van der Waals surface area contributed by atoms with Gasteiger partial charge in [0.2, 0.25) is 0 Å². The summed E-state index contributed by atoms with van der Waals surface area (Å²) in [7, 11) is 2.14. The van der Waals surface area contributed by atoms with Gasteiger partial charge < -0.3 is 4.90 Å². The van der Waals surface area contributed by atoms with Gasteiger partial charge in [-0.1, -0.05) is 0 Å². The third kappa shape index (κ3) is 3.07. The van der Waals surface area contributed by atoms with Gasteiger partial charge in [0.15, 0.2) is 0 Å². The van der Waals surface area contributed by atoms with Crippen LogP contribution in [0.15, 0.2) is 35.2 Å². The molecule has 0 aliphatic carbocycles. The molecule has 0 fully saturated rings. The highest BCUT2D eigenvalue weighted by Gasteiger charge is 2.11. The molecule has 0 radical (unpaired) electrons. The van der Waals surface area contributed by atoms with Gasteiger partial charge in [-0.25, -0.2) is 0 Å².